The predicted molar refractivity (Wildman–Crippen MR) is 94.2 cm³/mol. The first-order chi connectivity index (χ1) is 12.4. The average Bonchev–Trinajstić information content (AvgIpc) is 2.86. The molecule has 0 aromatic heterocycles. The van der Waals surface area contributed by atoms with E-state index < -0.39 is 36.2 Å². The van der Waals surface area contributed by atoms with Gasteiger partial charge in [-0.2, -0.15) is 0 Å². The van der Waals surface area contributed by atoms with Gasteiger partial charge in [0.1, 0.15) is 18.4 Å². The van der Waals surface area contributed by atoms with Crippen LogP contribution in [0.1, 0.15) is 5.56 Å². The lowest BCUT2D eigenvalue weighted by molar-refractivity contribution is -0.130. The van der Waals surface area contributed by atoms with Gasteiger partial charge in [-0.05, 0) is 23.8 Å². The SMILES string of the molecule is O=C(CN1C(=O)N[C@@H](Cc2ccccc2)C1=O)Nc1ccc(F)c(Cl)c1. The Balaban J connectivity index is 1.61. The van der Waals surface area contributed by atoms with Gasteiger partial charge in [0.2, 0.25) is 5.91 Å². The molecule has 0 unspecified atom stereocenters. The van der Waals surface area contributed by atoms with E-state index in [4.69, 9.17) is 11.6 Å². The summed E-state index contributed by atoms with van der Waals surface area (Å²) in [6, 6.07) is 11.6. The molecule has 1 atom stereocenters. The molecule has 0 radical (unpaired) electrons. The van der Waals surface area contributed by atoms with E-state index in [-0.39, 0.29) is 10.7 Å². The highest BCUT2D eigenvalue weighted by molar-refractivity contribution is 6.31. The molecule has 2 N–H and O–H groups in total. The van der Waals surface area contributed by atoms with E-state index in [0.29, 0.717) is 6.42 Å². The van der Waals surface area contributed by atoms with E-state index in [0.717, 1.165) is 16.5 Å². The first-order valence-electron chi connectivity index (χ1n) is 7.85. The van der Waals surface area contributed by atoms with E-state index in [1.807, 2.05) is 30.3 Å². The molecule has 0 saturated carbocycles. The summed E-state index contributed by atoms with van der Waals surface area (Å²) in [6.45, 7) is -0.440. The number of rotatable bonds is 5. The minimum atomic E-state index is -0.710. The Morgan fingerprint density at radius 1 is 1.19 bits per heavy atom. The van der Waals surface area contributed by atoms with Crippen LogP contribution in [-0.2, 0) is 16.0 Å². The summed E-state index contributed by atoms with van der Waals surface area (Å²) in [5.41, 5.74) is 1.17. The topological polar surface area (TPSA) is 78.5 Å². The molecule has 26 heavy (non-hydrogen) atoms. The van der Waals surface area contributed by atoms with Crippen molar-refractivity contribution in [3.8, 4) is 0 Å². The number of urea groups is 1. The van der Waals surface area contributed by atoms with Crippen LogP contribution >= 0.6 is 11.6 Å². The molecule has 134 valence electrons. The van der Waals surface area contributed by atoms with Gasteiger partial charge in [-0.1, -0.05) is 41.9 Å². The standard InChI is InChI=1S/C18H15ClFN3O3/c19-13-9-12(6-7-14(13)20)21-16(24)10-23-17(25)15(22-18(23)26)8-11-4-2-1-3-5-11/h1-7,9,15H,8,10H2,(H,21,24)(H,22,26)/t15-/m0/s1. The van der Waals surface area contributed by atoms with Crippen molar-refractivity contribution >= 4 is 35.1 Å². The third kappa shape index (κ3) is 4.00. The molecule has 8 heteroatoms. The van der Waals surface area contributed by atoms with Crippen molar-refractivity contribution in [1.29, 1.82) is 0 Å². The fraction of sp³-hybridized carbons (Fsp3) is 0.167. The van der Waals surface area contributed by atoms with Crippen LogP contribution in [0.15, 0.2) is 48.5 Å². The number of imide groups is 1. The molecule has 2 aromatic rings. The third-order valence-electron chi connectivity index (χ3n) is 3.89. The van der Waals surface area contributed by atoms with Crippen LogP contribution < -0.4 is 10.6 Å². The summed E-state index contributed by atoms with van der Waals surface area (Å²) < 4.78 is 13.1. The Morgan fingerprint density at radius 3 is 2.62 bits per heavy atom. The van der Waals surface area contributed by atoms with E-state index in [9.17, 15) is 18.8 Å². The highest BCUT2D eigenvalue weighted by atomic mass is 35.5. The summed E-state index contributed by atoms with van der Waals surface area (Å²) in [6.07, 6.45) is 0.344. The molecular formula is C18H15ClFN3O3. The second-order valence-electron chi connectivity index (χ2n) is 5.79. The van der Waals surface area contributed by atoms with Crippen molar-refractivity contribution in [2.45, 2.75) is 12.5 Å². The maximum absolute atomic E-state index is 13.1. The van der Waals surface area contributed by atoms with Gasteiger partial charge < -0.3 is 10.6 Å². The van der Waals surface area contributed by atoms with Gasteiger partial charge in [0.15, 0.2) is 0 Å². The van der Waals surface area contributed by atoms with Gasteiger partial charge in [-0.25, -0.2) is 9.18 Å². The fourth-order valence-electron chi connectivity index (χ4n) is 2.63. The Bertz CT molecular complexity index is 860. The molecule has 1 heterocycles. The summed E-state index contributed by atoms with van der Waals surface area (Å²) in [4.78, 5) is 37.4. The number of halogens is 2. The summed E-state index contributed by atoms with van der Waals surface area (Å²) in [7, 11) is 0. The quantitative estimate of drug-likeness (QED) is 0.788. The molecule has 1 fully saturated rings. The Labute approximate surface area is 153 Å². The normalized spacial score (nSPS) is 16.5. The molecule has 3 rings (SSSR count). The third-order valence-corrected chi connectivity index (χ3v) is 4.18. The Hall–Kier alpha value is -2.93. The molecule has 1 aliphatic heterocycles. The van der Waals surface area contributed by atoms with Crippen molar-refractivity contribution in [3.63, 3.8) is 0 Å². The predicted octanol–water partition coefficient (Wildman–Crippen LogP) is 2.58. The van der Waals surface area contributed by atoms with Crippen LogP contribution in [0.3, 0.4) is 0 Å². The lowest BCUT2D eigenvalue weighted by atomic mass is 10.1. The molecule has 0 bridgehead atoms. The van der Waals surface area contributed by atoms with Crippen LogP contribution in [0, 0.1) is 5.82 Å². The van der Waals surface area contributed by atoms with Gasteiger partial charge in [-0.3, -0.25) is 14.5 Å². The zero-order valence-corrected chi connectivity index (χ0v) is 14.3. The zero-order chi connectivity index (χ0) is 18.7. The molecule has 0 spiro atoms. The van der Waals surface area contributed by atoms with Crippen LogP contribution in [0.2, 0.25) is 5.02 Å². The van der Waals surface area contributed by atoms with Gasteiger partial charge in [0, 0.05) is 12.1 Å². The molecule has 6 nitrogen and oxygen atoms in total. The smallest absolute Gasteiger partial charge is 0.325 e. The van der Waals surface area contributed by atoms with E-state index in [1.165, 1.54) is 12.1 Å². The highest BCUT2D eigenvalue weighted by Gasteiger charge is 2.38. The Kier molecular flexibility index (Phi) is 5.18. The zero-order valence-electron chi connectivity index (χ0n) is 13.5. The first-order valence-corrected chi connectivity index (χ1v) is 8.22. The molecule has 2 aromatic carbocycles. The van der Waals surface area contributed by atoms with Gasteiger partial charge in [0.05, 0.1) is 5.02 Å². The van der Waals surface area contributed by atoms with Crippen LogP contribution in [0.25, 0.3) is 0 Å². The maximum atomic E-state index is 13.1. The van der Waals surface area contributed by atoms with Crippen LogP contribution in [-0.4, -0.2) is 35.3 Å². The second kappa shape index (κ2) is 7.53. The molecule has 0 aliphatic carbocycles. The lowest BCUT2D eigenvalue weighted by Gasteiger charge is -2.13. The van der Waals surface area contributed by atoms with E-state index in [1.54, 1.807) is 0 Å². The largest absolute Gasteiger partial charge is 0.325 e. The second-order valence-corrected chi connectivity index (χ2v) is 6.20. The first kappa shape index (κ1) is 17.9. The molecule has 1 aliphatic rings. The summed E-state index contributed by atoms with van der Waals surface area (Å²) >= 11 is 5.66. The number of hydrogen-bond donors (Lipinski definition) is 2. The number of anilines is 1. The van der Waals surface area contributed by atoms with E-state index >= 15 is 0 Å². The van der Waals surface area contributed by atoms with Crippen molar-refractivity contribution in [3.05, 3.63) is 64.9 Å². The minimum absolute atomic E-state index is 0.138. The molecule has 1 saturated heterocycles. The number of nitrogens with zero attached hydrogens (tertiary/aromatic N) is 1. The summed E-state index contributed by atoms with van der Waals surface area (Å²) in [5, 5.41) is 4.92. The van der Waals surface area contributed by atoms with E-state index in [2.05, 4.69) is 10.6 Å². The van der Waals surface area contributed by atoms with Gasteiger partial charge >= 0.3 is 6.03 Å². The summed E-state index contributed by atoms with van der Waals surface area (Å²) in [5.74, 6) is -1.66. The van der Waals surface area contributed by atoms with Crippen LogP contribution in [0.5, 0.6) is 0 Å². The fourth-order valence-corrected chi connectivity index (χ4v) is 2.81. The van der Waals surface area contributed by atoms with Gasteiger partial charge in [0.25, 0.3) is 5.91 Å². The van der Waals surface area contributed by atoms with Crippen molar-refractivity contribution in [2.75, 3.05) is 11.9 Å². The number of carbonyl (C=O) groups excluding carboxylic acids is 3. The van der Waals surface area contributed by atoms with Crippen molar-refractivity contribution in [1.82, 2.24) is 10.2 Å². The lowest BCUT2D eigenvalue weighted by Crippen LogP contribution is -2.38. The monoisotopic (exact) mass is 375 g/mol. The van der Waals surface area contributed by atoms with Crippen molar-refractivity contribution in [2.24, 2.45) is 0 Å². The number of hydrogen-bond acceptors (Lipinski definition) is 3. The highest BCUT2D eigenvalue weighted by Crippen LogP contribution is 2.19. The average molecular weight is 376 g/mol. The molecular weight excluding hydrogens is 361 g/mol. The number of carbonyl (C=O) groups is 3. The maximum Gasteiger partial charge on any atom is 0.325 e. The number of amides is 4. The Morgan fingerprint density at radius 2 is 1.92 bits per heavy atom. The van der Waals surface area contributed by atoms with Gasteiger partial charge in [-0.15, -0.1) is 0 Å². The minimum Gasteiger partial charge on any atom is -0.325 e. The van der Waals surface area contributed by atoms with Crippen molar-refractivity contribution < 1.29 is 18.8 Å². The number of nitrogens with one attached hydrogen (secondary N) is 2. The number of benzene rings is 2. The molecule has 4 amide bonds. The van der Waals surface area contributed by atoms with Crippen LogP contribution in [0.4, 0.5) is 14.9 Å².